The molecule has 1 amide bonds. The van der Waals surface area contributed by atoms with Crippen molar-refractivity contribution in [1.29, 1.82) is 0 Å². The molecule has 0 radical (unpaired) electrons. The van der Waals surface area contributed by atoms with Crippen LogP contribution in [0.15, 0.2) is 41.3 Å². The fourth-order valence-electron chi connectivity index (χ4n) is 4.72. The lowest BCUT2D eigenvalue weighted by Gasteiger charge is -2.50. The Bertz CT molecular complexity index is 1430. The average Bonchev–Trinajstić information content (AvgIpc) is 2.91. The molecule has 2 aromatic rings. The average molecular weight is 621 g/mol. The van der Waals surface area contributed by atoms with E-state index in [1.54, 1.807) is 38.1 Å². The zero-order valence-electron chi connectivity index (χ0n) is 26.2. The van der Waals surface area contributed by atoms with Gasteiger partial charge in [-0.05, 0) is 30.2 Å². The van der Waals surface area contributed by atoms with Gasteiger partial charge in [-0.1, -0.05) is 64.4 Å². The molecule has 0 bridgehead atoms. The Kier molecular flexibility index (Phi) is 11.5. The third kappa shape index (κ3) is 7.92. The highest BCUT2D eigenvalue weighted by Crippen LogP contribution is 2.53. The quantitative estimate of drug-likeness (QED) is 0.170. The third-order valence-electron chi connectivity index (χ3n) is 8.43. The van der Waals surface area contributed by atoms with Gasteiger partial charge in [0.15, 0.2) is 5.78 Å². The fraction of sp³-hybridized carbons (Fsp3) is 0.516. The number of sulfonamides is 1. The van der Waals surface area contributed by atoms with Crippen molar-refractivity contribution in [3.63, 3.8) is 0 Å². The minimum Gasteiger partial charge on any atom is -0.507 e. The van der Waals surface area contributed by atoms with Crippen molar-refractivity contribution >= 4 is 27.7 Å². The summed E-state index contributed by atoms with van der Waals surface area (Å²) < 4.78 is 39.2. The molecule has 0 fully saturated rings. The molecule has 0 saturated carbocycles. The van der Waals surface area contributed by atoms with Gasteiger partial charge in [0.05, 0.1) is 19.3 Å². The van der Waals surface area contributed by atoms with Crippen LogP contribution in [0.25, 0.3) is 0 Å². The number of phenolic OH excluding ortho intramolecular Hbond substituents is 1. The molecular formula is C31H44N2O9S. The molecule has 4 N–H and O–H groups in total. The number of carbonyl (C=O) groups excluding carboxylic acids is 2. The highest BCUT2D eigenvalue weighted by atomic mass is 32.2. The van der Waals surface area contributed by atoms with E-state index < -0.39 is 49.7 Å². The van der Waals surface area contributed by atoms with E-state index in [1.807, 2.05) is 27.7 Å². The molecular weight excluding hydrogens is 576 g/mol. The fourth-order valence-corrected chi connectivity index (χ4v) is 5.97. The normalized spacial score (nSPS) is 13.7. The van der Waals surface area contributed by atoms with Crippen molar-refractivity contribution in [3.05, 3.63) is 53.1 Å². The van der Waals surface area contributed by atoms with Gasteiger partial charge in [0.1, 0.15) is 21.8 Å². The monoisotopic (exact) mass is 620 g/mol. The lowest BCUT2D eigenvalue weighted by atomic mass is 9.53. The van der Waals surface area contributed by atoms with Crippen molar-refractivity contribution in [1.82, 2.24) is 10.0 Å². The van der Waals surface area contributed by atoms with E-state index in [0.29, 0.717) is 0 Å². The molecule has 1 unspecified atom stereocenters. The maximum absolute atomic E-state index is 13.2. The van der Waals surface area contributed by atoms with Gasteiger partial charge in [-0.3, -0.25) is 14.4 Å². The summed E-state index contributed by atoms with van der Waals surface area (Å²) in [5, 5.41) is 23.3. The van der Waals surface area contributed by atoms with Crippen LogP contribution in [0.2, 0.25) is 0 Å². The van der Waals surface area contributed by atoms with Crippen LogP contribution in [0.5, 0.6) is 11.5 Å². The van der Waals surface area contributed by atoms with Crippen LogP contribution in [-0.4, -0.2) is 70.2 Å². The van der Waals surface area contributed by atoms with Crippen LogP contribution in [0.3, 0.4) is 0 Å². The number of nitrogens with one attached hydrogen (secondary N) is 2. The Hall–Kier alpha value is -3.48. The molecule has 0 aliphatic carbocycles. The molecule has 0 saturated heterocycles. The van der Waals surface area contributed by atoms with Crippen LogP contribution >= 0.6 is 0 Å². The van der Waals surface area contributed by atoms with Gasteiger partial charge in [0, 0.05) is 38.2 Å². The molecule has 43 heavy (non-hydrogen) atoms. The molecule has 0 aromatic heterocycles. The first-order valence-electron chi connectivity index (χ1n) is 13.9. The van der Waals surface area contributed by atoms with E-state index in [9.17, 15) is 33.0 Å². The molecule has 2 rings (SSSR count). The Morgan fingerprint density at radius 2 is 1.56 bits per heavy atom. The largest absolute Gasteiger partial charge is 0.507 e. The lowest BCUT2D eigenvalue weighted by molar-refractivity contribution is -0.175. The maximum atomic E-state index is 13.2. The molecule has 2 aromatic carbocycles. The second-order valence-corrected chi connectivity index (χ2v) is 13.9. The zero-order valence-corrected chi connectivity index (χ0v) is 27.0. The molecule has 238 valence electrons. The zero-order chi connectivity index (χ0) is 32.8. The first-order chi connectivity index (χ1) is 19.8. The summed E-state index contributed by atoms with van der Waals surface area (Å²) in [5.74, 6) is -2.77. The van der Waals surface area contributed by atoms with Crippen LogP contribution in [0.4, 0.5) is 0 Å². The summed E-state index contributed by atoms with van der Waals surface area (Å²) in [6.45, 7) is 11.0. The number of aliphatic carboxylic acids is 1. The van der Waals surface area contributed by atoms with Crippen molar-refractivity contribution in [3.8, 4) is 11.5 Å². The third-order valence-corrected chi connectivity index (χ3v) is 9.91. The van der Waals surface area contributed by atoms with Gasteiger partial charge in [-0.25, -0.2) is 13.1 Å². The predicted molar refractivity (Wildman–Crippen MR) is 162 cm³/mol. The summed E-state index contributed by atoms with van der Waals surface area (Å²) >= 11 is 0. The lowest BCUT2D eigenvalue weighted by Crippen LogP contribution is -2.55. The summed E-state index contributed by atoms with van der Waals surface area (Å²) in [4.78, 5) is 38.1. The van der Waals surface area contributed by atoms with Gasteiger partial charge >= 0.3 is 5.97 Å². The molecule has 0 heterocycles. The van der Waals surface area contributed by atoms with Crippen molar-refractivity contribution in [2.75, 3.05) is 33.9 Å². The smallest absolute Gasteiger partial charge is 0.313 e. The van der Waals surface area contributed by atoms with Crippen LogP contribution < -0.4 is 14.8 Å². The van der Waals surface area contributed by atoms with E-state index in [4.69, 9.17) is 9.47 Å². The molecule has 1 atom stereocenters. The van der Waals surface area contributed by atoms with E-state index in [0.717, 1.165) is 17.7 Å². The number of methoxy groups -OCH3 is 2. The highest BCUT2D eigenvalue weighted by molar-refractivity contribution is 7.89. The highest BCUT2D eigenvalue weighted by Gasteiger charge is 2.57. The van der Waals surface area contributed by atoms with Crippen LogP contribution in [0.1, 0.15) is 68.9 Å². The minimum absolute atomic E-state index is 0.0733. The number of hydrogen-bond donors (Lipinski definition) is 4. The predicted octanol–water partition coefficient (Wildman–Crippen LogP) is 3.90. The number of hydrogen-bond acceptors (Lipinski definition) is 8. The Labute approximate surface area is 254 Å². The summed E-state index contributed by atoms with van der Waals surface area (Å²) in [6.07, 6.45) is -0.137. The Morgan fingerprint density at radius 1 is 0.953 bits per heavy atom. The second kappa shape index (κ2) is 13.9. The number of aryl methyl sites for hydroxylation is 1. The summed E-state index contributed by atoms with van der Waals surface area (Å²) in [5.41, 5.74) is -1.80. The number of aromatic hydroxyl groups is 1. The number of rotatable bonds is 15. The molecule has 12 heteroatoms. The number of amides is 1. The number of carboxylic acid groups (broad SMARTS) is 1. The van der Waals surface area contributed by atoms with Gasteiger partial charge < -0.3 is 25.0 Å². The molecule has 0 spiro atoms. The van der Waals surface area contributed by atoms with E-state index in [2.05, 4.69) is 10.0 Å². The Balaban J connectivity index is 2.13. The summed E-state index contributed by atoms with van der Waals surface area (Å²) in [7, 11) is -1.56. The maximum Gasteiger partial charge on any atom is 0.313 e. The Morgan fingerprint density at radius 3 is 2.07 bits per heavy atom. The van der Waals surface area contributed by atoms with Gasteiger partial charge in [0.25, 0.3) is 0 Å². The topological polar surface area (TPSA) is 168 Å². The number of carboxylic acids is 1. The number of ketones is 1. The van der Waals surface area contributed by atoms with E-state index >= 15 is 0 Å². The number of ether oxygens (including phenoxy) is 2. The van der Waals surface area contributed by atoms with E-state index in [-0.39, 0.29) is 54.3 Å². The molecule has 0 aliphatic rings. The first kappa shape index (κ1) is 35.7. The molecule has 0 aliphatic heterocycles. The van der Waals surface area contributed by atoms with Gasteiger partial charge in [-0.2, -0.15) is 0 Å². The molecule has 11 nitrogen and oxygen atoms in total. The van der Waals surface area contributed by atoms with Crippen LogP contribution in [-0.2, 0) is 24.3 Å². The van der Waals surface area contributed by atoms with Crippen molar-refractivity contribution in [2.24, 2.45) is 16.2 Å². The van der Waals surface area contributed by atoms with Crippen molar-refractivity contribution < 1.29 is 42.5 Å². The number of benzene rings is 2. The number of carbonyl (C=O) groups is 3. The van der Waals surface area contributed by atoms with Crippen molar-refractivity contribution in [2.45, 2.75) is 59.3 Å². The van der Waals surface area contributed by atoms with E-state index in [1.165, 1.54) is 14.2 Å². The minimum atomic E-state index is -4.19. The number of phenols is 1. The first-order valence-corrected chi connectivity index (χ1v) is 15.3. The standard InChI is InChI=1S/C31H44N2O9S/c1-20-10-12-21(13-11-20)27(36)22-16-25(24(42-8)17-23(22)34)43(39,40)33-15-9-14-32-26(35)18-31(19-41-7,28(37)38)30(5,6)29(2,3)4/h10-13,16-17,33-34H,9,14-15,18-19H2,1-8H3,(H,32,35)(H,37,38). The summed E-state index contributed by atoms with van der Waals surface area (Å²) in [6, 6.07) is 8.78. The second-order valence-electron chi connectivity index (χ2n) is 12.2. The van der Waals surface area contributed by atoms with Gasteiger partial charge in [0.2, 0.25) is 15.9 Å². The SMILES string of the molecule is COCC(CC(=O)NCCCNS(=O)(=O)c1cc(C(=O)c2ccc(C)cc2)c(O)cc1OC)(C(=O)O)C(C)(C)C(C)(C)C. The van der Waals surface area contributed by atoms with Crippen LogP contribution in [0, 0.1) is 23.2 Å². The van der Waals surface area contributed by atoms with Gasteiger partial charge in [-0.15, -0.1) is 0 Å².